The number of alkyl halides is 3. The molecule has 3 rings (SSSR count). The van der Waals surface area contributed by atoms with E-state index in [0.717, 1.165) is 0 Å². The average Bonchev–Trinajstić information content (AvgIpc) is 3.16. The van der Waals surface area contributed by atoms with Crippen molar-refractivity contribution in [3.63, 3.8) is 0 Å². The number of amides is 1. The first-order valence-electron chi connectivity index (χ1n) is 11.0. The largest absolute Gasteiger partial charge is 0.507 e. The number of hydrogen-bond donors (Lipinski definition) is 4. The molecule has 1 atom stereocenters. The third kappa shape index (κ3) is 7.89. The van der Waals surface area contributed by atoms with Crippen LogP contribution >= 0.6 is 0 Å². The summed E-state index contributed by atoms with van der Waals surface area (Å²) in [6.07, 6.45) is -4.87. The quantitative estimate of drug-likeness (QED) is 0.276. The van der Waals surface area contributed by atoms with Crippen LogP contribution in [0.5, 0.6) is 17.2 Å². The minimum absolute atomic E-state index is 0.0191. The summed E-state index contributed by atoms with van der Waals surface area (Å²) in [7, 11) is 1.63. The first kappa shape index (κ1) is 26.8. The van der Waals surface area contributed by atoms with E-state index in [1.165, 1.54) is 29.0 Å². The van der Waals surface area contributed by atoms with Gasteiger partial charge in [0, 0.05) is 31.9 Å². The monoisotopic (exact) mass is 508 g/mol. The van der Waals surface area contributed by atoms with Gasteiger partial charge in [0.05, 0.1) is 17.7 Å². The summed E-state index contributed by atoms with van der Waals surface area (Å²) in [4.78, 5) is 15.3. The smallest absolute Gasteiger partial charge is 0.394 e. The van der Waals surface area contributed by atoms with Crippen LogP contribution in [-0.4, -0.2) is 64.3 Å². The number of carbonyl (C=O) groups excluding carboxylic acids is 1. The number of rotatable bonds is 12. The van der Waals surface area contributed by atoms with E-state index in [1.54, 1.807) is 31.3 Å². The lowest BCUT2D eigenvalue weighted by Crippen LogP contribution is -2.33. The van der Waals surface area contributed by atoms with E-state index in [4.69, 9.17) is 15.2 Å². The zero-order valence-electron chi connectivity index (χ0n) is 19.5. The van der Waals surface area contributed by atoms with Crippen molar-refractivity contribution in [1.82, 2.24) is 14.9 Å². The van der Waals surface area contributed by atoms with Crippen molar-refractivity contribution in [3.05, 3.63) is 59.9 Å². The minimum atomic E-state index is -4.32. The van der Waals surface area contributed by atoms with Gasteiger partial charge in [0.1, 0.15) is 42.4 Å². The standard InChI is InChI=1S/C24H27F3N4O5/c1-31-13-16(11-24(25,26)27)30-23(31)15-2-4-18(5-3-15)36-14-17(32)12-29-8-9-35-19-6-7-21(33)20(10-19)22(28)34/h2-7,10,13,17,29,32-33H,8-9,11-12,14H2,1H3,(H2,28,34). The van der Waals surface area contributed by atoms with Gasteiger partial charge in [0.15, 0.2) is 0 Å². The first-order valence-corrected chi connectivity index (χ1v) is 11.0. The molecule has 194 valence electrons. The zero-order valence-corrected chi connectivity index (χ0v) is 19.5. The number of imidazole rings is 1. The number of nitrogens with one attached hydrogen (secondary N) is 1. The number of phenols is 1. The van der Waals surface area contributed by atoms with Crippen molar-refractivity contribution in [2.24, 2.45) is 12.8 Å². The van der Waals surface area contributed by atoms with Gasteiger partial charge in [0.2, 0.25) is 0 Å². The summed E-state index contributed by atoms with van der Waals surface area (Å²) in [6.45, 7) is 0.901. The van der Waals surface area contributed by atoms with Gasteiger partial charge < -0.3 is 35.3 Å². The molecule has 0 fully saturated rings. The second-order valence-electron chi connectivity index (χ2n) is 8.04. The topological polar surface area (TPSA) is 132 Å². The maximum atomic E-state index is 12.6. The Bertz CT molecular complexity index is 1170. The molecule has 12 heteroatoms. The van der Waals surface area contributed by atoms with Crippen LogP contribution in [0.3, 0.4) is 0 Å². The highest BCUT2D eigenvalue weighted by molar-refractivity contribution is 5.95. The third-order valence-electron chi connectivity index (χ3n) is 5.02. The Morgan fingerprint density at radius 1 is 1.17 bits per heavy atom. The molecule has 0 spiro atoms. The number of ether oxygens (including phenoxy) is 2. The zero-order chi connectivity index (χ0) is 26.3. The molecule has 0 saturated carbocycles. The summed E-state index contributed by atoms with van der Waals surface area (Å²) < 4.78 is 50.4. The lowest BCUT2D eigenvalue weighted by atomic mass is 10.2. The van der Waals surface area contributed by atoms with Crippen molar-refractivity contribution in [2.75, 3.05) is 26.3 Å². The summed E-state index contributed by atoms with van der Waals surface area (Å²) in [5, 5.41) is 22.7. The van der Waals surface area contributed by atoms with Gasteiger partial charge in [-0.3, -0.25) is 4.79 Å². The number of aromatic hydroxyl groups is 1. The Hall–Kier alpha value is -3.77. The fourth-order valence-corrected chi connectivity index (χ4v) is 3.35. The highest BCUT2D eigenvalue weighted by atomic mass is 19.4. The van der Waals surface area contributed by atoms with E-state index >= 15 is 0 Å². The molecule has 0 aliphatic carbocycles. The van der Waals surface area contributed by atoms with Crippen molar-refractivity contribution in [3.8, 4) is 28.6 Å². The van der Waals surface area contributed by atoms with Gasteiger partial charge >= 0.3 is 6.18 Å². The number of benzene rings is 2. The number of aryl methyl sites for hydroxylation is 1. The van der Waals surface area contributed by atoms with Crippen LogP contribution in [0.2, 0.25) is 0 Å². The molecule has 1 heterocycles. The summed E-state index contributed by atoms with van der Waals surface area (Å²) in [5.74, 6) is 0.282. The van der Waals surface area contributed by atoms with Crippen LogP contribution in [0.1, 0.15) is 16.1 Å². The number of primary amides is 1. The van der Waals surface area contributed by atoms with E-state index in [2.05, 4.69) is 10.3 Å². The van der Waals surface area contributed by atoms with Crippen molar-refractivity contribution in [1.29, 1.82) is 0 Å². The molecule has 0 aliphatic heterocycles. The Kier molecular flexibility index (Phi) is 8.78. The van der Waals surface area contributed by atoms with Crippen molar-refractivity contribution in [2.45, 2.75) is 18.7 Å². The lowest BCUT2D eigenvalue weighted by Gasteiger charge is -2.14. The predicted molar refractivity (Wildman–Crippen MR) is 125 cm³/mol. The Balaban J connectivity index is 1.39. The Labute approximate surface area is 205 Å². The second kappa shape index (κ2) is 11.8. The van der Waals surface area contributed by atoms with E-state index < -0.39 is 24.6 Å². The highest BCUT2D eigenvalue weighted by Gasteiger charge is 2.29. The van der Waals surface area contributed by atoms with Crippen LogP contribution < -0.4 is 20.5 Å². The fraction of sp³-hybridized carbons (Fsp3) is 0.333. The van der Waals surface area contributed by atoms with Crippen LogP contribution in [-0.2, 0) is 13.5 Å². The van der Waals surface area contributed by atoms with Gasteiger partial charge in [-0.05, 0) is 42.5 Å². The maximum Gasteiger partial charge on any atom is 0.394 e. The average molecular weight is 508 g/mol. The SMILES string of the molecule is Cn1cc(CC(F)(F)F)nc1-c1ccc(OCC(O)CNCCOc2ccc(O)c(C(N)=O)c2)cc1. The van der Waals surface area contributed by atoms with Crippen molar-refractivity contribution < 1.29 is 37.7 Å². The number of aromatic nitrogens is 2. The predicted octanol–water partition coefficient (Wildman–Crippen LogP) is 2.40. The van der Waals surface area contributed by atoms with E-state index in [9.17, 15) is 28.2 Å². The Morgan fingerprint density at radius 3 is 2.53 bits per heavy atom. The molecule has 2 aromatic carbocycles. The highest BCUT2D eigenvalue weighted by Crippen LogP contribution is 2.25. The molecule has 1 unspecified atom stereocenters. The van der Waals surface area contributed by atoms with Gasteiger partial charge in [-0.25, -0.2) is 4.98 Å². The molecule has 0 radical (unpaired) electrons. The van der Waals surface area contributed by atoms with E-state index in [-0.39, 0.29) is 36.8 Å². The lowest BCUT2D eigenvalue weighted by molar-refractivity contribution is -0.127. The van der Waals surface area contributed by atoms with Crippen LogP contribution in [0, 0.1) is 0 Å². The van der Waals surface area contributed by atoms with Crippen LogP contribution in [0.25, 0.3) is 11.4 Å². The van der Waals surface area contributed by atoms with Crippen LogP contribution in [0.15, 0.2) is 48.7 Å². The van der Waals surface area contributed by atoms with Gasteiger partial charge in [-0.2, -0.15) is 13.2 Å². The van der Waals surface area contributed by atoms with E-state index in [1.807, 2.05) is 0 Å². The number of carbonyl (C=O) groups is 1. The van der Waals surface area contributed by atoms with Crippen LogP contribution in [0.4, 0.5) is 13.2 Å². The van der Waals surface area contributed by atoms with E-state index in [0.29, 0.717) is 29.4 Å². The Morgan fingerprint density at radius 2 is 1.86 bits per heavy atom. The summed E-state index contributed by atoms with van der Waals surface area (Å²) in [5.41, 5.74) is 5.72. The molecule has 5 N–H and O–H groups in total. The number of hydrogen-bond acceptors (Lipinski definition) is 7. The van der Waals surface area contributed by atoms with Gasteiger partial charge in [-0.1, -0.05) is 0 Å². The first-order chi connectivity index (χ1) is 17.0. The van der Waals surface area contributed by atoms with Gasteiger partial charge in [-0.15, -0.1) is 0 Å². The second-order valence-corrected chi connectivity index (χ2v) is 8.04. The number of aliphatic hydroxyl groups is 1. The molecular weight excluding hydrogens is 481 g/mol. The molecule has 36 heavy (non-hydrogen) atoms. The molecule has 1 amide bonds. The summed E-state index contributed by atoms with van der Waals surface area (Å²) in [6, 6.07) is 10.8. The molecular formula is C24H27F3N4O5. The minimum Gasteiger partial charge on any atom is -0.507 e. The van der Waals surface area contributed by atoms with Gasteiger partial charge in [0.25, 0.3) is 5.91 Å². The normalized spacial score (nSPS) is 12.4. The molecule has 3 aromatic rings. The third-order valence-corrected chi connectivity index (χ3v) is 5.02. The summed E-state index contributed by atoms with van der Waals surface area (Å²) >= 11 is 0. The molecule has 0 saturated heterocycles. The molecule has 0 bridgehead atoms. The number of nitrogens with zero attached hydrogens (tertiary/aromatic N) is 2. The van der Waals surface area contributed by atoms with Crippen molar-refractivity contribution >= 4 is 5.91 Å². The fourth-order valence-electron chi connectivity index (χ4n) is 3.35. The number of nitrogens with two attached hydrogens (primary N) is 1. The molecule has 1 aromatic heterocycles. The molecule has 9 nitrogen and oxygen atoms in total. The number of halogens is 3. The maximum absolute atomic E-state index is 12.6. The molecule has 0 aliphatic rings. The number of aliphatic hydroxyl groups excluding tert-OH is 1.